The minimum Gasteiger partial charge on any atom is -0.456 e. The summed E-state index contributed by atoms with van der Waals surface area (Å²) in [6.07, 6.45) is 0. The highest BCUT2D eigenvalue weighted by atomic mass is 127. The number of rotatable bonds is 4. The Bertz CT molecular complexity index is 4520. The SMILES string of the molecule is Brc1ccc2oc3cc(-c4ccc5c6ccccc6n(-c6ccccc6)c5c4)ccc3c2c1.Brc1ccc2oc3cc(I)ccc3c2c1.C.[CH2+]C1(C)OB(c2ccc3c4ccccc4n(-c4ccccc4)c3c2)OC1(C)C. The molecular formula is C67H51BBr2IN2O4+. The molecule has 0 radical (unpaired) electrons. The molecule has 0 bridgehead atoms. The van der Waals surface area contributed by atoms with E-state index >= 15 is 0 Å². The number of aromatic nitrogens is 2. The van der Waals surface area contributed by atoms with Gasteiger partial charge in [0.1, 0.15) is 27.9 Å². The largest absolute Gasteiger partial charge is 0.498 e. The Labute approximate surface area is 477 Å². The van der Waals surface area contributed by atoms with Crippen LogP contribution in [0.15, 0.2) is 236 Å². The smallest absolute Gasteiger partial charge is 0.456 e. The van der Waals surface area contributed by atoms with Gasteiger partial charge in [-0.2, -0.15) is 0 Å². The van der Waals surface area contributed by atoms with Crippen LogP contribution in [0.3, 0.4) is 0 Å². The molecular weight excluding hydrogens is 1190 g/mol. The van der Waals surface area contributed by atoms with Crippen LogP contribution in [0.25, 0.3) is 110 Å². The second-order valence-corrected chi connectivity index (χ2v) is 23.1. The first-order valence-corrected chi connectivity index (χ1v) is 27.8. The molecule has 376 valence electrons. The van der Waals surface area contributed by atoms with Crippen LogP contribution in [0.5, 0.6) is 0 Å². The highest BCUT2D eigenvalue weighted by molar-refractivity contribution is 14.1. The Balaban J connectivity index is 0.000000123. The van der Waals surface area contributed by atoms with E-state index in [1.807, 2.05) is 51.1 Å². The van der Waals surface area contributed by atoms with E-state index in [-0.39, 0.29) is 7.43 Å². The molecule has 0 spiro atoms. The van der Waals surface area contributed by atoms with Gasteiger partial charge in [0.15, 0.2) is 0 Å². The van der Waals surface area contributed by atoms with Crippen molar-refractivity contribution < 1.29 is 18.1 Å². The van der Waals surface area contributed by atoms with Crippen molar-refractivity contribution in [3.05, 3.63) is 238 Å². The zero-order valence-electron chi connectivity index (χ0n) is 41.7. The highest BCUT2D eigenvalue weighted by Gasteiger charge is 2.57. The van der Waals surface area contributed by atoms with E-state index in [9.17, 15) is 0 Å². The third-order valence-electron chi connectivity index (χ3n) is 14.9. The summed E-state index contributed by atoms with van der Waals surface area (Å²) in [5.74, 6) is 0. The standard InChI is InChI=1S/C30H18BrNO.C24H23BNO2.C12H6BrIO.CH4/c31-21-12-15-29-26(18-21)25-14-11-20(17-30(25)33-29)19-10-13-24-23-8-4-5-9-27(23)32(28(24)16-19)22-6-2-1-3-7-22;1-23(2)24(3,4)28-25(27-23)17-14-15-20-19-12-8-9-13-21(19)26(22(20)16-17)18-10-6-5-7-11-18;13-7-1-4-11-10(5-7)9-3-2-8(14)6-12(9)15-11;/h1-18H;5-16H,1H2,2-4H3;1-6H;1H4/q;+1;;. The van der Waals surface area contributed by atoms with Gasteiger partial charge in [0, 0.05) is 73.9 Å². The predicted molar refractivity (Wildman–Crippen MR) is 338 cm³/mol. The molecule has 1 saturated heterocycles. The van der Waals surface area contributed by atoms with Gasteiger partial charge in [0.2, 0.25) is 5.60 Å². The minimum absolute atomic E-state index is 0. The van der Waals surface area contributed by atoms with Crippen LogP contribution in [0, 0.1) is 10.5 Å². The summed E-state index contributed by atoms with van der Waals surface area (Å²) in [6.45, 7) is 10.2. The van der Waals surface area contributed by atoms with Crippen LogP contribution in [-0.4, -0.2) is 27.5 Å². The lowest BCUT2D eigenvalue weighted by Gasteiger charge is -2.25. The first-order chi connectivity index (χ1) is 36.9. The van der Waals surface area contributed by atoms with E-state index in [1.54, 1.807) is 0 Å². The van der Waals surface area contributed by atoms with Crippen molar-refractivity contribution in [2.75, 3.05) is 0 Å². The number of hydrogen-bond donors (Lipinski definition) is 0. The van der Waals surface area contributed by atoms with Crippen molar-refractivity contribution in [2.24, 2.45) is 0 Å². The van der Waals surface area contributed by atoms with E-state index in [1.165, 1.54) is 58.3 Å². The van der Waals surface area contributed by atoms with Gasteiger partial charge in [-0.1, -0.05) is 142 Å². The van der Waals surface area contributed by atoms with Crippen LogP contribution in [0.4, 0.5) is 0 Å². The Morgan fingerprint density at radius 2 is 0.870 bits per heavy atom. The Kier molecular flexibility index (Phi) is 13.2. The quantitative estimate of drug-likeness (QED) is 0.100. The van der Waals surface area contributed by atoms with E-state index in [0.29, 0.717) is 0 Å². The summed E-state index contributed by atoms with van der Waals surface area (Å²) in [4.78, 5) is 0. The topological polar surface area (TPSA) is 54.6 Å². The van der Waals surface area contributed by atoms with Crippen molar-refractivity contribution in [3.8, 4) is 22.5 Å². The molecule has 10 aromatic carbocycles. The Hall–Kier alpha value is -7.06. The average molecular weight is 1250 g/mol. The third-order valence-corrected chi connectivity index (χ3v) is 16.5. The van der Waals surface area contributed by atoms with E-state index in [4.69, 9.17) is 18.1 Å². The maximum absolute atomic E-state index is 6.22. The summed E-state index contributed by atoms with van der Waals surface area (Å²) in [5.41, 5.74) is 13.0. The predicted octanol–water partition coefficient (Wildman–Crippen LogP) is 19.6. The Morgan fingerprint density at radius 3 is 1.42 bits per heavy atom. The molecule has 0 saturated carbocycles. The van der Waals surface area contributed by atoms with E-state index in [2.05, 4.69) is 259 Å². The van der Waals surface area contributed by atoms with E-state index in [0.717, 1.165) is 69.7 Å². The molecule has 4 aromatic heterocycles. The zero-order valence-corrected chi connectivity index (χ0v) is 47.1. The zero-order chi connectivity index (χ0) is 51.9. The summed E-state index contributed by atoms with van der Waals surface area (Å²) in [7, 11) is -0.427. The maximum atomic E-state index is 6.22. The molecule has 5 heterocycles. The van der Waals surface area contributed by atoms with Gasteiger partial charge >= 0.3 is 7.12 Å². The van der Waals surface area contributed by atoms with E-state index < -0.39 is 18.3 Å². The van der Waals surface area contributed by atoms with Crippen LogP contribution < -0.4 is 5.46 Å². The van der Waals surface area contributed by atoms with Crippen molar-refractivity contribution in [1.29, 1.82) is 0 Å². The number of halogens is 3. The van der Waals surface area contributed by atoms with Crippen molar-refractivity contribution in [3.63, 3.8) is 0 Å². The van der Waals surface area contributed by atoms with Crippen molar-refractivity contribution >= 4 is 155 Å². The number of nitrogens with zero attached hydrogens (tertiary/aromatic N) is 2. The number of hydrogen-bond acceptors (Lipinski definition) is 4. The lowest BCUT2D eigenvalue weighted by atomic mass is 9.79. The highest BCUT2D eigenvalue weighted by Crippen LogP contribution is 2.40. The molecule has 15 rings (SSSR count). The molecule has 0 N–H and O–H groups in total. The van der Waals surface area contributed by atoms with Crippen LogP contribution in [-0.2, 0) is 9.31 Å². The van der Waals surface area contributed by atoms with Gasteiger partial charge in [-0.3, -0.25) is 0 Å². The first kappa shape index (κ1) is 50.7. The first-order valence-electron chi connectivity index (χ1n) is 25.2. The molecule has 1 atom stereocenters. The molecule has 0 amide bonds. The summed E-state index contributed by atoms with van der Waals surface area (Å²) in [5, 5.41) is 9.58. The lowest BCUT2D eigenvalue weighted by Crippen LogP contribution is -2.42. The van der Waals surface area contributed by atoms with Crippen LogP contribution in [0.1, 0.15) is 28.2 Å². The van der Waals surface area contributed by atoms with Gasteiger partial charge < -0.3 is 27.3 Å². The Morgan fingerprint density at radius 1 is 0.416 bits per heavy atom. The van der Waals surface area contributed by atoms with Gasteiger partial charge in [-0.25, -0.2) is 0 Å². The fraction of sp³-hybridized carbons (Fsp3) is 0.0896. The van der Waals surface area contributed by atoms with Crippen LogP contribution in [0.2, 0.25) is 0 Å². The second-order valence-electron chi connectivity index (χ2n) is 20.0. The summed E-state index contributed by atoms with van der Waals surface area (Å²) < 4.78 is 32.3. The number of furan rings is 2. The molecule has 1 aliphatic heterocycles. The number of benzene rings is 10. The summed E-state index contributed by atoms with van der Waals surface area (Å²) >= 11 is 9.34. The van der Waals surface area contributed by atoms with Crippen LogP contribution >= 0.6 is 54.5 Å². The fourth-order valence-electron chi connectivity index (χ4n) is 10.6. The van der Waals surface area contributed by atoms with Gasteiger partial charge in [0.05, 0.1) is 29.0 Å². The number of fused-ring (bicyclic) bond motifs is 12. The number of para-hydroxylation sites is 4. The average Bonchev–Trinajstić information content (AvgIpc) is 4.37. The monoisotopic (exact) mass is 1240 g/mol. The fourth-order valence-corrected chi connectivity index (χ4v) is 11.8. The minimum atomic E-state index is -0.598. The maximum Gasteiger partial charge on any atom is 0.498 e. The third kappa shape index (κ3) is 9.13. The van der Waals surface area contributed by atoms with Gasteiger partial charge in [-0.15, -0.1) is 0 Å². The van der Waals surface area contributed by atoms with Gasteiger partial charge in [-0.05, 0) is 168 Å². The molecule has 1 aliphatic rings. The molecule has 1 unspecified atom stereocenters. The molecule has 14 aromatic rings. The van der Waals surface area contributed by atoms with Crippen molar-refractivity contribution in [2.45, 2.75) is 39.4 Å². The molecule has 1 fully saturated rings. The molecule has 77 heavy (non-hydrogen) atoms. The normalized spacial score (nSPS) is 15.1. The molecule has 6 nitrogen and oxygen atoms in total. The molecule has 0 aliphatic carbocycles. The molecule has 10 heteroatoms. The summed E-state index contributed by atoms with van der Waals surface area (Å²) in [6, 6.07) is 76.4. The van der Waals surface area contributed by atoms with Gasteiger partial charge in [0.25, 0.3) is 0 Å². The second kappa shape index (κ2) is 20.1. The van der Waals surface area contributed by atoms with Crippen molar-refractivity contribution in [1.82, 2.24) is 9.13 Å². The lowest BCUT2D eigenvalue weighted by molar-refractivity contribution is 0.0262.